The summed E-state index contributed by atoms with van der Waals surface area (Å²) < 4.78 is 5.90. The Morgan fingerprint density at radius 2 is 2.18 bits per heavy atom. The summed E-state index contributed by atoms with van der Waals surface area (Å²) in [5.74, 6) is 6.76. The first kappa shape index (κ1) is 13.0. The fraction of sp³-hybridized carbons (Fsp3) is 0.692. The topological polar surface area (TPSA) is 47.3 Å². The van der Waals surface area contributed by atoms with Gasteiger partial charge in [0.25, 0.3) is 0 Å². The number of hydrogen-bond donors (Lipinski definition) is 2. The van der Waals surface area contributed by atoms with E-state index >= 15 is 0 Å². The van der Waals surface area contributed by atoms with Crippen molar-refractivity contribution >= 4 is 11.3 Å². The van der Waals surface area contributed by atoms with Gasteiger partial charge in [0.15, 0.2) is 0 Å². The molecule has 0 bridgehead atoms. The lowest BCUT2D eigenvalue weighted by molar-refractivity contribution is 0.0476. The van der Waals surface area contributed by atoms with Gasteiger partial charge in [-0.15, -0.1) is 0 Å². The molecular weight excluding hydrogens is 232 g/mol. The average Bonchev–Trinajstić information content (AvgIpc) is 2.87. The molecule has 5 atom stereocenters. The molecule has 2 rings (SSSR count). The summed E-state index contributed by atoms with van der Waals surface area (Å²) in [6.07, 6.45) is 1.59. The second kappa shape index (κ2) is 5.48. The Kier molecular flexibility index (Phi) is 4.20. The molecule has 1 aliphatic heterocycles. The number of thiophene rings is 1. The van der Waals surface area contributed by atoms with Crippen molar-refractivity contribution in [1.29, 1.82) is 0 Å². The molecule has 2 heterocycles. The summed E-state index contributed by atoms with van der Waals surface area (Å²) in [6, 6.07) is 2.46. The van der Waals surface area contributed by atoms with Gasteiger partial charge in [0.1, 0.15) is 0 Å². The highest BCUT2D eigenvalue weighted by molar-refractivity contribution is 7.07. The van der Waals surface area contributed by atoms with E-state index in [4.69, 9.17) is 10.6 Å². The van der Waals surface area contributed by atoms with Gasteiger partial charge < -0.3 is 4.74 Å². The fourth-order valence-electron chi connectivity index (χ4n) is 2.96. The summed E-state index contributed by atoms with van der Waals surface area (Å²) in [4.78, 5) is 0. The van der Waals surface area contributed by atoms with E-state index in [1.165, 1.54) is 5.56 Å². The van der Waals surface area contributed by atoms with Crippen molar-refractivity contribution in [3.63, 3.8) is 0 Å². The van der Waals surface area contributed by atoms with Crippen LogP contribution in [0.5, 0.6) is 0 Å². The third kappa shape index (κ3) is 2.71. The van der Waals surface area contributed by atoms with Crippen LogP contribution in [0.3, 0.4) is 0 Å². The van der Waals surface area contributed by atoms with E-state index in [2.05, 4.69) is 43.0 Å². The van der Waals surface area contributed by atoms with E-state index in [-0.39, 0.29) is 6.10 Å². The van der Waals surface area contributed by atoms with Gasteiger partial charge in [-0.25, -0.2) is 0 Å². The van der Waals surface area contributed by atoms with Gasteiger partial charge in [0, 0.05) is 12.0 Å². The predicted molar refractivity (Wildman–Crippen MR) is 71.8 cm³/mol. The smallest absolute Gasteiger partial charge is 0.0597 e. The van der Waals surface area contributed by atoms with Gasteiger partial charge in [0.2, 0.25) is 0 Å². The van der Waals surface area contributed by atoms with Crippen LogP contribution in [0.1, 0.15) is 26.3 Å². The third-order valence-corrected chi connectivity index (χ3v) is 4.77. The fourth-order valence-corrected chi connectivity index (χ4v) is 3.64. The van der Waals surface area contributed by atoms with E-state index < -0.39 is 0 Å². The number of hydrazine groups is 1. The first-order chi connectivity index (χ1) is 8.13. The molecule has 3 nitrogen and oxygen atoms in total. The number of nitrogens with one attached hydrogen (secondary N) is 1. The lowest BCUT2D eigenvalue weighted by Gasteiger charge is -2.28. The molecule has 1 aromatic rings. The highest BCUT2D eigenvalue weighted by Crippen LogP contribution is 2.35. The lowest BCUT2D eigenvalue weighted by atomic mass is 9.81. The zero-order valence-corrected chi connectivity index (χ0v) is 11.5. The molecule has 0 amide bonds. The molecule has 5 unspecified atom stereocenters. The SMILES string of the molecule is CC1OC(C)C(C(Cc2ccsc2)NN)C1C. The zero-order chi connectivity index (χ0) is 12.4. The summed E-state index contributed by atoms with van der Waals surface area (Å²) in [7, 11) is 0. The molecule has 0 aromatic carbocycles. The van der Waals surface area contributed by atoms with Crippen LogP contribution >= 0.6 is 11.3 Å². The number of hydrogen-bond acceptors (Lipinski definition) is 4. The molecule has 0 radical (unpaired) electrons. The van der Waals surface area contributed by atoms with Crippen LogP contribution in [-0.2, 0) is 11.2 Å². The van der Waals surface area contributed by atoms with Gasteiger partial charge in [-0.3, -0.25) is 11.3 Å². The molecule has 0 saturated carbocycles. The maximum atomic E-state index is 5.90. The van der Waals surface area contributed by atoms with Crippen LogP contribution in [-0.4, -0.2) is 18.2 Å². The molecule has 1 aromatic heterocycles. The van der Waals surface area contributed by atoms with Crippen LogP contribution in [0.4, 0.5) is 0 Å². The molecule has 17 heavy (non-hydrogen) atoms. The standard InChI is InChI=1S/C13H22N2OS/c1-8-9(2)16-10(3)13(8)12(15-14)6-11-4-5-17-7-11/h4-5,7-10,12-13,15H,6,14H2,1-3H3. The second-order valence-corrected chi connectivity index (χ2v) is 5.87. The van der Waals surface area contributed by atoms with Crippen LogP contribution in [0.25, 0.3) is 0 Å². The Labute approximate surface area is 107 Å². The molecule has 96 valence electrons. The molecule has 1 aliphatic rings. The molecule has 1 saturated heterocycles. The minimum atomic E-state index is 0.277. The van der Waals surface area contributed by atoms with Gasteiger partial charge in [-0.1, -0.05) is 6.92 Å². The monoisotopic (exact) mass is 254 g/mol. The van der Waals surface area contributed by atoms with E-state index in [1.807, 2.05) is 0 Å². The summed E-state index contributed by atoms with van der Waals surface area (Å²) in [6.45, 7) is 6.57. The van der Waals surface area contributed by atoms with Gasteiger partial charge in [-0.2, -0.15) is 11.3 Å². The highest BCUT2D eigenvalue weighted by Gasteiger charge is 2.41. The Bertz CT molecular complexity index is 341. The third-order valence-electron chi connectivity index (χ3n) is 4.03. The van der Waals surface area contributed by atoms with Crippen LogP contribution in [0.2, 0.25) is 0 Å². The average molecular weight is 254 g/mol. The van der Waals surface area contributed by atoms with Crippen molar-refractivity contribution in [2.24, 2.45) is 17.7 Å². The molecule has 1 fully saturated rings. The molecular formula is C13H22N2OS. The quantitative estimate of drug-likeness (QED) is 0.639. The minimum Gasteiger partial charge on any atom is -0.375 e. The van der Waals surface area contributed by atoms with Crippen molar-refractivity contribution in [2.75, 3.05) is 0 Å². The predicted octanol–water partition coefficient (Wildman–Crippen LogP) is 2.18. The zero-order valence-electron chi connectivity index (χ0n) is 10.7. The normalized spacial score (nSPS) is 35.1. The van der Waals surface area contributed by atoms with Crippen LogP contribution in [0.15, 0.2) is 16.8 Å². The van der Waals surface area contributed by atoms with Crippen LogP contribution in [0, 0.1) is 11.8 Å². The summed E-state index contributed by atoms with van der Waals surface area (Å²) in [5, 5.41) is 4.31. The van der Waals surface area contributed by atoms with Crippen molar-refractivity contribution in [1.82, 2.24) is 5.43 Å². The Morgan fingerprint density at radius 1 is 1.41 bits per heavy atom. The lowest BCUT2D eigenvalue weighted by Crippen LogP contribution is -2.46. The number of rotatable bonds is 4. The maximum Gasteiger partial charge on any atom is 0.0597 e. The molecule has 4 heteroatoms. The van der Waals surface area contributed by atoms with Gasteiger partial charge >= 0.3 is 0 Å². The molecule has 3 N–H and O–H groups in total. The molecule has 0 aliphatic carbocycles. The first-order valence-corrected chi connectivity index (χ1v) is 7.20. The van der Waals surface area contributed by atoms with E-state index in [0.717, 1.165) is 6.42 Å². The van der Waals surface area contributed by atoms with E-state index in [0.29, 0.717) is 24.0 Å². The van der Waals surface area contributed by atoms with E-state index in [1.54, 1.807) is 11.3 Å². The van der Waals surface area contributed by atoms with E-state index in [9.17, 15) is 0 Å². The highest BCUT2D eigenvalue weighted by atomic mass is 32.1. The largest absolute Gasteiger partial charge is 0.375 e. The number of ether oxygens (including phenoxy) is 1. The summed E-state index contributed by atoms with van der Waals surface area (Å²) >= 11 is 1.74. The van der Waals surface area contributed by atoms with Crippen molar-refractivity contribution in [3.8, 4) is 0 Å². The van der Waals surface area contributed by atoms with Crippen LogP contribution < -0.4 is 11.3 Å². The number of nitrogens with two attached hydrogens (primary N) is 1. The van der Waals surface area contributed by atoms with Gasteiger partial charge in [0.05, 0.1) is 12.2 Å². The van der Waals surface area contributed by atoms with Crippen molar-refractivity contribution in [3.05, 3.63) is 22.4 Å². The van der Waals surface area contributed by atoms with Gasteiger partial charge in [-0.05, 0) is 48.6 Å². The van der Waals surface area contributed by atoms with Crippen molar-refractivity contribution < 1.29 is 4.74 Å². The Balaban J connectivity index is 2.07. The van der Waals surface area contributed by atoms with Crippen molar-refractivity contribution in [2.45, 2.75) is 45.4 Å². The minimum absolute atomic E-state index is 0.277. The Morgan fingerprint density at radius 3 is 2.65 bits per heavy atom. The molecule has 0 spiro atoms. The first-order valence-electron chi connectivity index (χ1n) is 6.26. The maximum absolute atomic E-state index is 5.90. The Hall–Kier alpha value is -0.420. The second-order valence-electron chi connectivity index (χ2n) is 5.09. The summed E-state index contributed by atoms with van der Waals surface area (Å²) in [5.41, 5.74) is 4.35.